The van der Waals surface area contributed by atoms with Crippen molar-refractivity contribution in [3.63, 3.8) is 0 Å². The van der Waals surface area contributed by atoms with E-state index in [1.807, 2.05) is 20.8 Å². The fraction of sp³-hybridized carbons (Fsp3) is 0.800. The molecule has 0 spiro atoms. The average molecular weight is 312 g/mol. The second kappa shape index (κ2) is 6.14. The Morgan fingerprint density at radius 2 is 1.91 bits per heavy atom. The van der Waals surface area contributed by atoms with Gasteiger partial charge in [0.15, 0.2) is 0 Å². The Kier molecular flexibility index (Phi) is 4.63. The number of carbonyl (C=O) groups excluding carboxylic acids is 3. The molecule has 0 aliphatic carbocycles. The van der Waals surface area contributed by atoms with E-state index in [1.165, 1.54) is 0 Å². The van der Waals surface area contributed by atoms with Crippen LogP contribution in [0.15, 0.2) is 0 Å². The molecule has 0 aromatic rings. The fourth-order valence-electron chi connectivity index (χ4n) is 2.65. The van der Waals surface area contributed by atoms with Crippen molar-refractivity contribution in [2.75, 3.05) is 26.2 Å². The van der Waals surface area contributed by atoms with Gasteiger partial charge in [-0.05, 0) is 34.1 Å². The van der Waals surface area contributed by atoms with Crippen LogP contribution in [-0.2, 0) is 19.1 Å². The molecule has 2 aliphatic rings. The first-order valence-corrected chi connectivity index (χ1v) is 7.68. The summed E-state index contributed by atoms with van der Waals surface area (Å²) < 4.78 is 10.2. The van der Waals surface area contributed by atoms with Crippen LogP contribution < -0.4 is 0 Å². The van der Waals surface area contributed by atoms with Crippen LogP contribution >= 0.6 is 0 Å². The SMILES string of the molecule is CCOC(=O)C1CCN(C2CN(C(=O)OC(C)(C)C)C2)C1=O. The molecule has 2 heterocycles. The summed E-state index contributed by atoms with van der Waals surface area (Å²) in [4.78, 5) is 39.1. The Hall–Kier alpha value is -1.79. The minimum Gasteiger partial charge on any atom is -0.465 e. The van der Waals surface area contributed by atoms with Gasteiger partial charge in [0.1, 0.15) is 11.5 Å². The normalized spacial score (nSPS) is 22.5. The summed E-state index contributed by atoms with van der Waals surface area (Å²) in [6.45, 7) is 8.89. The van der Waals surface area contributed by atoms with E-state index in [1.54, 1.807) is 16.7 Å². The number of ether oxygens (including phenoxy) is 2. The molecule has 2 aliphatic heterocycles. The molecule has 0 N–H and O–H groups in total. The summed E-state index contributed by atoms with van der Waals surface area (Å²) in [5.74, 6) is -1.32. The van der Waals surface area contributed by atoms with Gasteiger partial charge in [-0.25, -0.2) is 4.79 Å². The molecule has 22 heavy (non-hydrogen) atoms. The predicted octanol–water partition coefficient (Wildman–Crippen LogP) is 1.02. The summed E-state index contributed by atoms with van der Waals surface area (Å²) in [5, 5.41) is 0. The quantitative estimate of drug-likeness (QED) is 0.574. The Morgan fingerprint density at radius 3 is 2.45 bits per heavy atom. The van der Waals surface area contributed by atoms with Crippen molar-refractivity contribution in [3.05, 3.63) is 0 Å². The van der Waals surface area contributed by atoms with Gasteiger partial charge in [0.25, 0.3) is 0 Å². The number of nitrogens with zero attached hydrogens (tertiary/aromatic N) is 2. The van der Waals surface area contributed by atoms with Crippen LogP contribution in [0.2, 0.25) is 0 Å². The molecule has 2 fully saturated rings. The molecule has 0 radical (unpaired) electrons. The van der Waals surface area contributed by atoms with Crippen LogP contribution in [0, 0.1) is 5.92 Å². The van der Waals surface area contributed by atoms with Gasteiger partial charge in [0, 0.05) is 19.6 Å². The van der Waals surface area contributed by atoms with Gasteiger partial charge in [-0.2, -0.15) is 0 Å². The maximum absolute atomic E-state index is 12.3. The first-order chi connectivity index (χ1) is 10.2. The minimum atomic E-state index is -0.685. The number of amides is 2. The molecule has 1 unspecified atom stereocenters. The van der Waals surface area contributed by atoms with Crippen molar-refractivity contribution in [1.82, 2.24) is 9.80 Å². The third-order valence-corrected chi connectivity index (χ3v) is 3.77. The van der Waals surface area contributed by atoms with E-state index in [2.05, 4.69) is 0 Å². The highest BCUT2D eigenvalue weighted by Crippen LogP contribution is 2.26. The zero-order valence-electron chi connectivity index (χ0n) is 13.6. The van der Waals surface area contributed by atoms with Crippen LogP contribution in [0.25, 0.3) is 0 Å². The summed E-state index contributed by atoms with van der Waals surface area (Å²) in [6.07, 6.45) is 0.123. The Balaban J connectivity index is 1.83. The molecular weight excluding hydrogens is 288 g/mol. The van der Waals surface area contributed by atoms with Crippen LogP contribution in [-0.4, -0.2) is 65.7 Å². The lowest BCUT2D eigenvalue weighted by Crippen LogP contribution is -2.62. The van der Waals surface area contributed by atoms with Gasteiger partial charge < -0.3 is 19.3 Å². The zero-order valence-corrected chi connectivity index (χ0v) is 13.6. The number of esters is 1. The second-order valence-corrected chi connectivity index (χ2v) is 6.66. The van der Waals surface area contributed by atoms with Crippen molar-refractivity contribution in [2.45, 2.75) is 45.8 Å². The largest absolute Gasteiger partial charge is 0.465 e. The summed E-state index contributed by atoms with van der Waals surface area (Å²) >= 11 is 0. The first-order valence-electron chi connectivity index (χ1n) is 7.68. The van der Waals surface area contributed by atoms with Gasteiger partial charge in [-0.15, -0.1) is 0 Å². The third kappa shape index (κ3) is 3.51. The van der Waals surface area contributed by atoms with Crippen LogP contribution in [0.5, 0.6) is 0 Å². The van der Waals surface area contributed by atoms with Crippen LogP contribution in [0.3, 0.4) is 0 Å². The van der Waals surface area contributed by atoms with Gasteiger partial charge in [0.05, 0.1) is 12.6 Å². The third-order valence-electron chi connectivity index (χ3n) is 3.77. The van der Waals surface area contributed by atoms with Crippen molar-refractivity contribution < 1.29 is 23.9 Å². The number of rotatable bonds is 3. The predicted molar refractivity (Wildman–Crippen MR) is 78.0 cm³/mol. The molecule has 2 rings (SSSR count). The Morgan fingerprint density at radius 1 is 1.27 bits per heavy atom. The standard InChI is InChI=1S/C15H24N2O5/c1-5-21-13(19)11-6-7-17(12(11)18)10-8-16(9-10)14(20)22-15(2,3)4/h10-11H,5-9H2,1-4H3. The number of carbonyl (C=O) groups is 3. The molecule has 0 bridgehead atoms. The lowest BCUT2D eigenvalue weighted by molar-refractivity contribution is -0.153. The lowest BCUT2D eigenvalue weighted by atomic mass is 10.1. The summed E-state index contributed by atoms with van der Waals surface area (Å²) in [6, 6.07) is -0.0283. The molecular formula is C15H24N2O5. The molecule has 0 aromatic heterocycles. The highest BCUT2D eigenvalue weighted by atomic mass is 16.6. The van der Waals surface area contributed by atoms with Gasteiger partial charge >= 0.3 is 12.1 Å². The number of hydrogen-bond donors (Lipinski definition) is 0. The highest BCUT2D eigenvalue weighted by Gasteiger charge is 2.45. The van der Waals surface area contributed by atoms with Crippen LogP contribution in [0.4, 0.5) is 4.79 Å². The Bertz CT molecular complexity index is 465. The smallest absolute Gasteiger partial charge is 0.410 e. The first kappa shape index (κ1) is 16.6. The van der Waals surface area contributed by atoms with E-state index < -0.39 is 17.5 Å². The van der Waals surface area contributed by atoms with Gasteiger partial charge in [0.2, 0.25) is 5.91 Å². The zero-order chi connectivity index (χ0) is 16.5. The molecule has 2 amide bonds. The lowest BCUT2D eigenvalue weighted by Gasteiger charge is -2.44. The van der Waals surface area contributed by atoms with E-state index in [0.717, 1.165) is 0 Å². The van der Waals surface area contributed by atoms with Gasteiger partial charge in [-0.1, -0.05) is 0 Å². The van der Waals surface area contributed by atoms with Crippen LogP contribution in [0.1, 0.15) is 34.1 Å². The van der Waals surface area contributed by atoms with E-state index in [4.69, 9.17) is 9.47 Å². The monoisotopic (exact) mass is 312 g/mol. The molecule has 1 atom stereocenters. The molecule has 7 nitrogen and oxygen atoms in total. The highest BCUT2D eigenvalue weighted by molar-refractivity contribution is 5.99. The number of hydrogen-bond acceptors (Lipinski definition) is 5. The second-order valence-electron chi connectivity index (χ2n) is 6.66. The van der Waals surface area contributed by atoms with Crippen molar-refractivity contribution in [2.24, 2.45) is 5.92 Å². The summed E-state index contributed by atoms with van der Waals surface area (Å²) in [7, 11) is 0. The van der Waals surface area contributed by atoms with E-state index in [-0.39, 0.29) is 24.6 Å². The maximum atomic E-state index is 12.3. The Labute approximate surface area is 130 Å². The van der Waals surface area contributed by atoms with Crippen molar-refractivity contribution in [3.8, 4) is 0 Å². The minimum absolute atomic E-state index is 0.0283. The van der Waals surface area contributed by atoms with E-state index in [9.17, 15) is 14.4 Å². The molecule has 7 heteroatoms. The maximum Gasteiger partial charge on any atom is 0.410 e. The van der Waals surface area contributed by atoms with Crippen molar-refractivity contribution >= 4 is 18.0 Å². The summed E-state index contributed by atoms with van der Waals surface area (Å²) in [5.41, 5.74) is -0.527. The average Bonchev–Trinajstić information content (AvgIpc) is 2.68. The molecule has 0 aromatic carbocycles. The topological polar surface area (TPSA) is 76.2 Å². The molecule has 0 saturated carbocycles. The van der Waals surface area contributed by atoms with Crippen molar-refractivity contribution in [1.29, 1.82) is 0 Å². The van der Waals surface area contributed by atoms with E-state index >= 15 is 0 Å². The number of likely N-dealkylation sites (tertiary alicyclic amines) is 2. The molecule has 2 saturated heterocycles. The van der Waals surface area contributed by atoms with Gasteiger partial charge in [-0.3, -0.25) is 9.59 Å². The van der Waals surface area contributed by atoms with E-state index in [0.29, 0.717) is 26.1 Å². The molecule has 124 valence electrons. The fourth-order valence-corrected chi connectivity index (χ4v) is 2.65.